The second-order valence-corrected chi connectivity index (χ2v) is 3.30. The highest BCUT2D eigenvalue weighted by Gasteiger charge is 2.29. The smallest absolute Gasteiger partial charge is 0.154 e. The van der Waals surface area contributed by atoms with Crippen molar-refractivity contribution in [3.8, 4) is 0 Å². The fourth-order valence-corrected chi connectivity index (χ4v) is 1.30. The minimum atomic E-state index is -0.554. The zero-order valence-corrected chi connectivity index (χ0v) is 8.29. The van der Waals surface area contributed by atoms with Crippen LogP contribution in [0.25, 0.3) is 0 Å². The monoisotopic (exact) mass is 177 g/mol. The molecule has 0 heterocycles. The molecule has 70 valence electrons. The molecule has 0 aliphatic rings. The lowest BCUT2D eigenvalue weighted by atomic mass is 9.88. The van der Waals surface area contributed by atoms with Gasteiger partial charge in [0, 0.05) is 0 Å². The van der Waals surface area contributed by atoms with Crippen molar-refractivity contribution in [1.29, 1.82) is 0 Å². The molecule has 0 saturated heterocycles. The summed E-state index contributed by atoms with van der Waals surface area (Å²) in [6.45, 7) is 3.49. The van der Waals surface area contributed by atoms with Gasteiger partial charge >= 0.3 is 0 Å². The maximum Gasteiger partial charge on any atom is 0.154 e. The molecule has 1 rings (SSSR count). The van der Waals surface area contributed by atoms with Gasteiger partial charge in [-0.25, -0.2) is 0 Å². The van der Waals surface area contributed by atoms with Crippen LogP contribution in [0, 0.1) is 0 Å². The Hall–Kier alpha value is -1.15. The predicted molar refractivity (Wildman–Crippen MR) is 53.5 cm³/mol. The summed E-state index contributed by atoms with van der Waals surface area (Å²) >= 11 is 0. The van der Waals surface area contributed by atoms with Crippen molar-refractivity contribution in [3.05, 3.63) is 35.9 Å². The first-order valence-electron chi connectivity index (χ1n) is 4.36. The summed E-state index contributed by atoms with van der Waals surface area (Å²) in [6.07, 6.45) is 0. The molecule has 0 radical (unpaired) electrons. The Balaban J connectivity index is 3.11. The summed E-state index contributed by atoms with van der Waals surface area (Å²) in [5.74, 6) is 0.126. The molecular formula is C11H15NO. The molecule has 1 atom stereocenters. The Kier molecular flexibility index (Phi) is 2.83. The molecule has 0 aliphatic heterocycles. The highest BCUT2D eigenvalue weighted by molar-refractivity contribution is 5.87. The molecule has 0 aliphatic carbocycles. The zero-order chi connectivity index (χ0) is 9.90. The van der Waals surface area contributed by atoms with E-state index in [9.17, 15) is 4.79 Å². The molecule has 0 bridgehead atoms. The summed E-state index contributed by atoms with van der Waals surface area (Å²) in [6, 6.07) is 9.73. The van der Waals surface area contributed by atoms with Gasteiger partial charge < -0.3 is 5.32 Å². The molecule has 1 N–H and O–H groups in total. The van der Waals surface area contributed by atoms with E-state index in [4.69, 9.17) is 0 Å². The standard InChI is InChI=1S/C11H15NO/c1-9(13)11(2,12-3)10-7-5-4-6-8-10/h4-8,12H,1-3H3. The molecule has 2 nitrogen and oxygen atoms in total. The lowest BCUT2D eigenvalue weighted by Gasteiger charge is -2.26. The highest BCUT2D eigenvalue weighted by atomic mass is 16.1. The quantitative estimate of drug-likeness (QED) is 0.761. The largest absolute Gasteiger partial charge is 0.305 e. The maximum atomic E-state index is 11.4. The molecule has 0 fully saturated rings. The van der Waals surface area contributed by atoms with Crippen LogP contribution in [-0.4, -0.2) is 12.8 Å². The molecule has 1 aromatic carbocycles. The number of ketones is 1. The second-order valence-electron chi connectivity index (χ2n) is 3.30. The lowest BCUT2D eigenvalue weighted by Crippen LogP contribution is -2.43. The van der Waals surface area contributed by atoms with E-state index in [0.717, 1.165) is 5.56 Å². The van der Waals surface area contributed by atoms with Gasteiger partial charge in [0.1, 0.15) is 0 Å². The van der Waals surface area contributed by atoms with Gasteiger partial charge in [0.15, 0.2) is 5.78 Å². The van der Waals surface area contributed by atoms with Crippen LogP contribution in [0.5, 0.6) is 0 Å². The molecule has 1 aromatic rings. The fourth-order valence-electron chi connectivity index (χ4n) is 1.30. The Morgan fingerprint density at radius 3 is 2.23 bits per heavy atom. The van der Waals surface area contributed by atoms with Crippen molar-refractivity contribution < 1.29 is 4.79 Å². The third-order valence-corrected chi connectivity index (χ3v) is 2.56. The minimum Gasteiger partial charge on any atom is -0.305 e. The van der Waals surface area contributed by atoms with Crippen molar-refractivity contribution in [2.75, 3.05) is 7.05 Å². The van der Waals surface area contributed by atoms with E-state index in [0.29, 0.717) is 0 Å². The normalized spacial score (nSPS) is 15.0. The van der Waals surface area contributed by atoms with Crippen molar-refractivity contribution in [2.45, 2.75) is 19.4 Å². The van der Waals surface area contributed by atoms with Crippen LogP contribution in [0.1, 0.15) is 19.4 Å². The topological polar surface area (TPSA) is 29.1 Å². The molecule has 1 unspecified atom stereocenters. The van der Waals surface area contributed by atoms with Gasteiger partial charge in [-0.05, 0) is 26.5 Å². The van der Waals surface area contributed by atoms with Crippen molar-refractivity contribution >= 4 is 5.78 Å². The van der Waals surface area contributed by atoms with Gasteiger partial charge in [-0.2, -0.15) is 0 Å². The molecule has 0 amide bonds. The molecule has 0 saturated carbocycles. The zero-order valence-electron chi connectivity index (χ0n) is 8.29. The van der Waals surface area contributed by atoms with Gasteiger partial charge in [-0.15, -0.1) is 0 Å². The first kappa shape index (κ1) is 9.93. The Morgan fingerprint density at radius 2 is 1.85 bits per heavy atom. The number of carbonyl (C=O) groups excluding carboxylic acids is 1. The van der Waals surface area contributed by atoms with E-state index in [1.54, 1.807) is 14.0 Å². The van der Waals surface area contributed by atoms with Gasteiger partial charge in [-0.1, -0.05) is 30.3 Å². The van der Waals surface area contributed by atoms with E-state index in [2.05, 4.69) is 5.32 Å². The van der Waals surface area contributed by atoms with Crippen LogP contribution >= 0.6 is 0 Å². The van der Waals surface area contributed by atoms with Crippen LogP contribution in [0.15, 0.2) is 30.3 Å². The van der Waals surface area contributed by atoms with Crippen LogP contribution < -0.4 is 5.32 Å². The molecule has 13 heavy (non-hydrogen) atoms. The van der Waals surface area contributed by atoms with Crippen LogP contribution in [0.3, 0.4) is 0 Å². The maximum absolute atomic E-state index is 11.4. The Bertz CT molecular complexity index is 294. The summed E-state index contributed by atoms with van der Waals surface area (Å²) in [5, 5.41) is 3.04. The van der Waals surface area contributed by atoms with E-state index < -0.39 is 5.54 Å². The number of Topliss-reactive ketones (excluding diaryl/α,β-unsaturated/α-hetero) is 1. The number of hydrogen-bond donors (Lipinski definition) is 1. The summed E-state index contributed by atoms with van der Waals surface area (Å²) in [4.78, 5) is 11.4. The summed E-state index contributed by atoms with van der Waals surface area (Å²) in [5.41, 5.74) is 0.450. The number of nitrogens with one attached hydrogen (secondary N) is 1. The third-order valence-electron chi connectivity index (χ3n) is 2.56. The van der Waals surface area contributed by atoms with Crippen LogP contribution in [-0.2, 0) is 10.3 Å². The highest BCUT2D eigenvalue weighted by Crippen LogP contribution is 2.20. The molecule has 2 heteroatoms. The average Bonchev–Trinajstić information content (AvgIpc) is 2.17. The average molecular weight is 177 g/mol. The van der Waals surface area contributed by atoms with Crippen LogP contribution in [0.4, 0.5) is 0 Å². The molecule has 0 aromatic heterocycles. The SMILES string of the molecule is CNC(C)(C(C)=O)c1ccccc1. The molecule has 0 spiro atoms. The molecular weight excluding hydrogens is 162 g/mol. The van der Waals surface area contributed by atoms with Gasteiger partial charge in [0.2, 0.25) is 0 Å². The van der Waals surface area contributed by atoms with E-state index >= 15 is 0 Å². The summed E-state index contributed by atoms with van der Waals surface area (Å²) in [7, 11) is 1.80. The summed E-state index contributed by atoms with van der Waals surface area (Å²) < 4.78 is 0. The number of rotatable bonds is 3. The van der Waals surface area contributed by atoms with E-state index in [1.165, 1.54) is 0 Å². The fraction of sp³-hybridized carbons (Fsp3) is 0.364. The predicted octanol–water partition coefficient (Wildman–Crippen LogP) is 1.71. The number of benzene rings is 1. The third kappa shape index (κ3) is 1.78. The number of hydrogen-bond acceptors (Lipinski definition) is 2. The van der Waals surface area contributed by atoms with Gasteiger partial charge in [-0.3, -0.25) is 4.79 Å². The van der Waals surface area contributed by atoms with E-state index in [-0.39, 0.29) is 5.78 Å². The van der Waals surface area contributed by atoms with Gasteiger partial charge in [0.05, 0.1) is 5.54 Å². The van der Waals surface area contributed by atoms with Crippen molar-refractivity contribution in [1.82, 2.24) is 5.32 Å². The minimum absolute atomic E-state index is 0.126. The van der Waals surface area contributed by atoms with E-state index in [1.807, 2.05) is 37.3 Å². The van der Waals surface area contributed by atoms with Crippen LogP contribution in [0.2, 0.25) is 0 Å². The lowest BCUT2D eigenvalue weighted by molar-refractivity contribution is -0.122. The first-order chi connectivity index (χ1) is 6.11. The number of carbonyl (C=O) groups is 1. The van der Waals surface area contributed by atoms with Gasteiger partial charge in [0.25, 0.3) is 0 Å². The Morgan fingerprint density at radius 1 is 1.31 bits per heavy atom. The Labute approximate surface area is 79.0 Å². The van der Waals surface area contributed by atoms with Crippen molar-refractivity contribution in [3.63, 3.8) is 0 Å². The second kappa shape index (κ2) is 3.71. The first-order valence-corrected chi connectivity index (χ1v) is 4.36. The number of likely N-dealkylation sites (N-methyl/N-ethyl adjacent to an activating group) is 1. The van der Waals surface area contributed by atoms with Crippen molar-refractivity contribution in [2.24, 2.45) is 0 Å².